The zero-order chi connectivity index (χ0) is 19.4. The first kappa shape index (κ1) is 18.7. The van der Waals surface area contributed by atoms with Crippen LogP contribution < -0.4 is 5.32 Å². The summed E-state index contributed by atoms with van der Waals surface area (Å²) in [5, 5.41) is 3.58. The van der Waals surface area contributed by atoms with Crippen LogP contribution in [0.1, 0.15) is 47.9 Å². The van der Waals surface area contributed by atoms with Crippen molar-refractivity contribution in [2.75, 3.05) is 11.9 Å². The highest BCUT2D eigenvalue weighted by Gasteiger charge is 2.19. The molecule has 0 saturated carbocycles. The lowest BCUT2D eigenvalue weighted by Gasteiger charge is -2.10. The van der Waals surface area contributed by atoms with E-state index in [0.717, 1.165) is 11.8 Å². The maximum atomic E-state index is 12.2. The van der Waals surface area contributed by atoms with Gasteiger partial charge in [-0.2, -0.15) is 0 Å². The number of esters is 1. The van der Waals surface area contributed by atoms with E-state index in [2.05, 4.69) is 19.2 Å². The third-order valence-corrected chi connectivity index (χ3v) is 4.74. The summed E-state index contributed by atoms with van der Waals surface area (Å²) in [4.78, 5) is 24.3. The first-order valence-corrected chi connectivity index (χ1v) is 9.04. The van der Waals surface area contributed by atoms with Gasteiger partial charge in [-0.3, -0.25) is 4.79 Å². The van der Waals surface area contributed by atoms with Gasteiger partial charge in [-0.25, -0.2) is 4.79 Å². The van der Waals surface area contributed by atoms with Crippen molar-refractivity contribution in [3.05, 3.63) is 65.4 Å². The molecule has 0 fully saturated rings. The minimum absolute atomic E-state index is 0.127. The molecule has 27 heavy (non-hydrogen) atoms. The van der Waals surface area contributed by atoms with Gasteiger partial charge in [-0.05, 0) is 43.0 Å². The van der Waals surface area contributed by atoms with Crippen molar-refractivity contribution in [3.63, 3.8) is 0 Å². The molecule has 2 aromatic carbocycles. The van der Waals surface area contributed by atoms with Crippen molar-refractivity contribution >= 4 is 28.5 Å². The number of rotatable bonds is 6. The smallest absolute Gasteiger partial charge is 0.375 e. The molecule has 5 nitrogen and oxygen atoms in total. The fourth-order valence-electron chi connectivity index (χ4n) is 2.89. The van der Waals surface area contributed by atoms with Gasteiger partial charge >= 0.3 is 5.97 Å². The minimum atomic E-state index is -0.647. The number of fused-ring (bicyclic) bond motifs is 1. The monoisotopic (exact) mass is 365 g/mol. The van der Waals surface area contributed by atoms with E-state index in [0.29, 0.717) is 22.8 Å². The lowest BCUT2D eigenvalue weighted by atomic mass is 9.99. The van der Waals surface area contributed by atoms with Crippen LogP contribution in [0.15, 0.2) is 52.9 Å². The van der Waals surface area contributed by atoms with Crippen LogP contribution in [-0.2, 0) is 9.53 Å². The number of hydrogen-bond donors (Lipinski definition) is 1. The Hall–Kier alpha value is -3.08. The fraction of sp³-hybridized carbons (Fsp3) is 0.273. The van der Waals surface area contributed by atoms with Crippen LogP contribution in [0, 0.1) is 6.92 Å². The molecule has 1 atom stereocenters. The summed E-state index contributed by atoms with van der Waals surface area (Å²) >= 11 is 0. The summed E-state index contributed by atoms with van der Waals surface area (Å²) in [6, 6.07) is 15.1. The van der Waals surface area contributed by atoms with Gasteiger partial charge in [0.1, 0.15) is 5.58 Å². The first-order chi connectivity index (χ1) is 13.0. The Morgan fingerprint density at radius 2 is 1.81 bits per heavy atom. The Morgan fingerprint density at radius 1 is 1.11 bits per heavy atom. The highest BCUT2D eigenvalue weighted by Crippen LogP contribution is 2.25. The van der Waals surface area contributed by atoms with Crippen molar-refractivity contribution in [1.29, 1.82) is 0 Å². The van der Waals surface area contributed by atoms with Crippen molar-refractivity contribution in [2.24, 2.45) is 0 Å². The van der Waals surface area contributed by atoms with Gasteiger partial charge in [0, 0.05) is 16.6 Å². The van der Waals surface area contributed by atoms with E-state index >= 15 is 0 Å². The molecule has 0 aliphatic carbocycles. The van der Waals surface area contributed by atoms with Gasteiger partial charge in [0.05, 0.1) is 0 Å². The Morgan fingerprint density at radius 3 is 2.48 bits per heavy atom. The Labute approximate surface area is 158 Å². The molecule has 0 radical (unpaired) electrons. The molecule has 0 aliphatic heterocycles. The standard InChI is InChI=1S/C22H23NO4/c1-4-14(2)16-9-11-17(12-10-16)23-20(24)13-26-22(25)21-15(3)18-7-5-6-8-19(18)27-21/h5-12,14H,4,13H2,1-3H3,(H,23,24)/t14-/m1/s1. The van der Waals surface area contributed by atoms with Gasteiger partial charge in [0.25, 0.3) is 5.91 Å². The summed E-state index contributed by atoms with van der Waals surface area (Å²) in [5.74, 6) is -0.441. The molecule has 1 amide bonds. The van der Waals surface area contributed by atoms with Gasteiger partial charge in [0.2, 0.25) is 5.76 Å². The summed E-state index contributed by atoms with van der Waals surface area (Å²) in [7, 11) is 0. The lowest BCUT2D eigenvalue weighted by Crippen LogP contribution is -2.21. The van der Waals surface area contributed by atoms with E-state index in [1.807, 2.05) is 42.5 Å². The molecule has 3 rings (SSSR count). The molecule has 5 heteroatoms. The highest BCUT2D eigenvalue weighted by atomic mass is 16.5. The second-order valence-corrected chi connectivity index (χ2v) is 6.61. The maximum absolute atomic E-state index is 12.2. The van der Waals surface area contributed by atoms with E-state index in [1.165, 1.54) is 5.56 Å². The third-order valence-electron chi connectivity index (χ3n) is 4.74. The molecular weight excluding hydrogens is 342 g/mol. The zero-order valence-electron chi connectivity index (χ0n) is 15.7. The molecular formula is C22H23NO4. The van der Waals surface area contributed by atoms with Gasteiger partial charge in [0.15, 0.2) is 6.61 Å². The van der Waals surface area contributed by atoms with Gasteiger partial charge < -0.3 is 14.5 Å². The van der Waals surface area contributed by atoms with Crippen molar-refractivity contribution in [1.82, 2.24) is 0 Å². The molecule has 0 aliphatic rings. The van der Waals surface area contributed by atoms with Crippen LogP contribution in [0.3, 0.4) is 0 Å². The second kappa shape index (κ2) is 8.08. The van der Waals surface area contributed by atoms with E-state index in [9.17, 15) is 9.59 Å². The number of furan rings is 1. The highest BCUT2D eigenvalue weighted by molar-refractivity contribution is 5.98. The third kappa shape index (κ3) is 4.19. The molecule has 140 valence electrons. The number of aryl methyl sites for hydroxylation is 1. The molecule has 1 N–H and O–H groups in total. The predicted molar refractivity (Wildman–Crippen MR) is 105 cm³/mol. The lowest BCUT2D eigenvalue weighted by molar-refractivity contribution is -0.119. The number of anilines is 1. The number of benzene rings is 2. The average molecular weight is 365 g/mol. The van der Waals surface area contributed by atoms with Crippen molar-refractivity contribution < 1.29 is 18.7 Å². The van der Waals surface area contributed by atoms with E-state index < -0.39 is 11.9 Å². The average Bonchev–Trinajstić information content (AvgIpc) is 3.03. The van der Waals surface area contributed by atoms with E-state index in [-0.39, 0.29) is 12.4 Å². The van der Waals surface area contributed by atoms with Crippen LogP contribution >= 0.6 is 0 Å². The van der Waals surface area contributed by atoms with Crippen LogP contribution in [0.25, 0.3) is 11.0 Å². The van der Waals surface area contributed by atoms with Crippen LogP contribution in [0.4, 0.5) is 5.69 Å². The summed E-state index contributed by atoms with van der Waals surface area (Å²) < 4.78 is 10.7. The number of carbonyl (C=O) groups is 2. The molecule has 1 aromatic heterocycles. The van der Waals surface area contributed by atoms with Crippen LogP contribution in [0.5, 0.6) is 0 Å². The van der Waals surface area contributed by atoms with E-state index in [1.54, 1.807) is 13.0 Å². The summed E-state index contributed by atoms with van der Waals surface area (Å²) in [6.45, 7) is 5.72. The van der Waals surface area contributed by atoms with Crippen molar-refractivity contribution in [2.45, 2.75) is 33.1 Å². The number of ether oxygens (including phenoxy) is 1. The molecule has 1 heterocycles. The van der Waals surface area contributed by atoms with Gasteiger partial charge in [-0.15, -0.1) is 0 Å². The maximum Gasteiger partial charge on any atom is 0.375 e. The first-order valence-electron chi connectivity index (χ1n) is 9.04. The largest absolute Gasteiger partial charge is 0.450 e. The van der Waals surface area contributed by atoms with Crippen molar-refractivity contribution in [3.8, 4) is 0 Å². The number of carbonyl (C=O) groups excluding carboxylic acids is 2. The van der Waals surface area contributed by atoms with Crippen LogP contribution in [-0.4, -0.2) is 18.5 Å². The topological polar surface area (TPSA) is 68.5 Å². The Bertz CT molecular complexity index is 956. The number of amides is 1. The molecule has 0 spiro atoms. The summed E-state index contributed by atoms with van der Waals surface area (Å²) in [6.07, 6.45) is 1.06. The number of hydrogen-bond acceptors (Lipinski definition) is 4. The van der Waals surface area contributed by atoms with Gasteiger partial charge in [-0.1, -0.05) is 44.2 Å². The Balaban J connectivity index is 1.58. The molecule has 0 bridgehead atoms. The summed E-state index contributed by atoms with van der Waals surface area (Å²) in [5.41, 5.74) is 3.22. The number of para-hydroxylation sites is 1. The zero-order valence-corrected chi connectivity index (χ0v) is 15.7. The van der Waals surface area contributed by atoms with Crippen LogP contribution in [0.2, 0.25) is 0 Å². The van der Waals surface area contributed by atoms with E-state index in [4.69, 9.17) is 9.15 Å². The Kier molecular flexibility index (Phi) is 5.60. The normalized spacial score (nSPS) is 12.0. The predicted octanol–water partition coefficient (Wildman–Crippen LogP) is 5.05. The number of nitrogens with one attached hydrogen (secondary N) is 1. The second-order valence-electron chi connectivity index (χ2n) is 6.61. The molecule has 0 saturated heterocycles. The molecule has 3 aromatic rings. The SMILES string of the molecule is CC[C@@H](C)c1ccc(NC(=O)COC(=O)c2oc3ccccc3c2C)cc1. The quantitative estimate of drug-likeness (QED) is 0.621. The molecule has 0 unspecified atom stereocenters. The minimum Gasteiger partial charge on any atom is -0.450 e. The fourth-order valence-corrected chi connectivity index (χ4v) is 2.89.